The van der Waals surface area contributed by atoms with Gasteiger partial charge in [-0.05, 0) is 43.5 Å². The van der Waals surface area contributed by atoms with Crippen molar-refractivity contribution in [1.29, 1.82) is 0 Å². The van der Waals surface area contributed by atoms with Gasteiger partial charge in [-0.2, -0.15) is 9.78 Å². The van der Waals surface area contributed by atoms with Crippen LogP contribution < -0.4 is 5.32 Å². The Kier molecular flexibility index (Phi) is 4.78. The SMILES string of the molecule is CCc1c(-c2ccc3cnn(-c4nc5c(n4C(C)C)CNCC5)c3c2)ccc(F)c1O. The molecule has 0 atom stereocenters. The summed E-state index contributed by atoms with van der Waals surface area (Å²) in [4.78, 5) is 4.96. The average molecular weight is 420 g/mol. The van der Waals surface area contributed by atoms with Gasteiger partial charge in [-0.1, -0.05) is 25.1 Å². The van der Waals surface area contributed by atoms with Crippen LogP contribution in [0.15, 0.2) is 36.5 Å². The minimum Gasteiger partial charge on any atom is -0.505 e. The van der Waals surface area contributed by atoms with Crippen molar-refractivity contribution in [3.63, 3.8) is 0 Å². The number of benzene rings is 2. The molecule has 0 unspecified atom stereocenters. The Balaban J connectivity index is 1.71. The lowest BCUT2D eigenvalue weighted by Crippen LogP contribution is -2.26. The van der Waals surface area contributed by atoms with Crippen LogP contribution >= 0.6 is 0 Å². The summed E-state index contributed by atoms with van der Waals surface area (Å²) in [5, 5.41) is 19.3. The van der Waals surface area contributed by atoms with Gasteiger partial charge in [0, 0.05) is 36.5 Å². The van der Waals surface area contributed by atoms with Crippen LogP contribution in [0.1, 0.15) is 43.8 Å². The van der Waals surface area contributed by atoms with E-state index in [1.807, 2.05) is 36.0 Å². The molecule has 0 amide bonds. The number of fused-ring (bicyclic) bond motifs is 2. The van der Waals surface area contributed by atoms with Crippen molar-refractivity contribution in [1.82, 2.24) is 24.6 Å². The van der Waals surface area contributed by atoms with Crippen LogP contribution in [0.25, 0.3) is 28.0 Å². The highest BCUT2D eigenvalue weighted by atomic mass is 19.1. The van der Waals surface area contributed by atoms with E-state index in [4.69, 9.17) is 4.98 Å². The van der Waals surface area contributed by atoms with Crippen LogP contribution in [0.2, 0.25) is 0 Å². The third-order valence-corrected chi connectivity index (χ3v) is 6.08. The lowest BCUT2D eigenvalue weighted by atomic mass is 9.96. The van der Waals surface area contributed by atoms with Crippen LogP contribution in [0.4, 0.5) is 4.39 Å². The number of hydrogen-bond donors (Lipinski definition) is 2. The number of imidazole rings is 1. The molecule has 1 aliphatic rings. The highest BCUT2D eigenvalue weighted by Crippen LogP contribution is 2.35. The maximum atomic E-state index is 13.9. The van der Waals surface area contributed by atoms with Crippen molar-refractivity contribution < 1.29 is 9.50 Å². The molecule has 2 aromatic heterocycles. The molecule has 1 aliphatic heterocycles. The predicted octanol–water partition coefficient (Wildman–Crippen LogP) is 4.52. The first kappa shape index (κ1) is 19.8. The zero-order chi connectivity index (χ0) is 21.7. The second-order valence-electron chi connectivity index (χ2n) is 8.30. The first-order valence-corrected chi connectivity index (χ1v) is 10.8. The molecule has 0 aliphatic carbocycles. The molecule has 2 N–H and O–H groups in total. The molecule has 160 valence electrons. The first-order chi connectivity index (χ1) is 15.0. The van der Waals surface area contributed by atoms with Crippen LogP contribution in [0.3, 0.4) is 0 Å². The van der Waals surface area contributed by atoms with Gasteiger partial charge in [-0.3, -0.25) is 0 Å². The molecule has 0 radical (unpaired) electrons. The van der Waals surface area contributed by atoms with Gasteiger partial charge in [0.05, 0.1) is 23.1 Å². The molecular formula is C24H26FN5O. The molecule has 0 fully saturated rings. The van der Waals surface area contributed by atoms with E-state index < -0.39 is 5.82 Å². The minimum absolute atomic E-state index is 0.245. The Morgan fingerprint density at radius 2 is 2.06 bits per heavy atom. The highest BCUT2D eigenvalue weighted by molar-refractivity contribution is 5.86. The minimum atomic E-state index is -0.593. The number of phenols is 1. The van der Waals surface area contributed by atoms with Crippen molar-refractivity contribution in [3.8, 4) is 22.8 Å². The molecule has 0 saturated heterocycles. The summed E-state index contributed by atoms with van der Waals surface area (Å²) in [7, 11) is 0. The molecule has 0 saturated carbocycles. The van der Waals surface area contributed by atoms with Crippen molar-refractivity contribution in [2.75, 3.05) is 6.54 Å². The standard InChI is InChI=1S/C24H26FN5O/c1-4-17-18(7-8-19(25)23(17)31)15-5-6-16-12-27-30(21(16)11-15)24-28-20-9-10-26-13-22(20)29(24)14(2)3/h5-8,11-12,14,26,31H,4,9-10,13H2,1-3H3. The largest absolute Gasteiger partial charge is 0.505 e. The highest BCUT2D eigenvalue weighted by Gasteiger charge is 2.24. The number of nitrogens with one attached hydrogen (secondary N) is 1. The predicted molar refractivity (Wildman–Crippen MR) is 119 cm³/mol. The van der Waals surface area contributed by atoms with Crippen molar-refractivity contribution >= 4 is 10.9 Å². The molecule has 6 nitrogen and oxygen atoms in total. The van der Waals surface area contributed by atoms with Crippen molar-refractivity contribution in [2.45, 2.75) is 46.2 Å². The second kappa shape index (κ2) is 7.50. The van der Waals surface area contributed by atoms with Crippen LogP contribution in [0, 0.1) is 5.82 Å². The lowest BCUT2D eigenvalue weighted by Gasteiger charge is -2.19. The molecule has 0 bridgehead atoms. The Morgan fingerprint density at radius 3 is 2.84 bits per heavy atom. The topological polar surface area (TPSA) is 67.9 Å². The maximum absolute atomic E-state index is 13.9. The van der Waals surface area contributed by atoms with Gasteiger partial charge in [0.2, 0.25) is 5.95 Å². The number of aromatic hydroxyl groups is 1. The number of hydrogen-bond acceptors (Lipinski definition) is 4. The molecule has 4 aromatic rings. The molecule has 2 aromatic carbocycles. The molecule has 31 heavy (non-hydrogen) atoms. The van der Waals surface area contributed by atoms with Crippen LogP contribution in [-0.2, 0) is 19.4 Å². The summed E-state index contributed by atoms with van der Waals surface area (Å²) < 4.78 is 18.0. The van der Waals surface area contributed by atoms with Crippen molar-refractivity contribution in [2.24, 2.45) is 0 Å². The fourth-order valence-electron chi connectivity index (χ4n) is 4.57. The molecular weight excluding hydrogens is 393 g/mol. The summed E-state index contributed by atoms with van der Waals surface area (Å²) in [6.45, 7) is 7.97. The van der Waals surface area contributed by atoms with Gasteiger partial charge >= 0.3 is 0 Å². The van der Waals surface area contributed by atoms with Crippen molar-refractivity contribution in [3.05, 3.63) is 59.3 Å². The Morgan fingerprint density at radius 1 is 1.23 bits per heavy atom. The number of rotatable bonds is 4. The van der Waals surface area contributed by atoms with E-state index in [1.54, 1.807) is 6.07 Å². The number of nitrogens with zero attached hydrogens (tertiary/aromatic N) is 4. The fraction of sp³-hybridized carbons (Fsp3) is 0.333. The number of aromatic nitrogens is 4. The second-order valence-corrected chi connectivity index (χ2v) is 8.30. The monoisotopic (exact) mass is 419 g/mol. The normalized spacial score (nSPS) is 13.8. The maximum Gasteiger partial charge on any atom is 0.232 e. The summed E-state index contributed by atoms with van der Waals surface area (Å²) >= 11 is 0. The van der Waals surface area contributed by atoms with E-state index in [9.17, 15) is 9.50 Å². The fourth-order valence-corrected chi connectivity index (χ4v) is 4.57. The molecule has 0 spiro atoms. The molecule has 3 heterocycles. The van der Waals surface area contributed by atoms with Gasteiger partial charge in [0.1, 0.15) is 0 Å². The van der Waals surface area contributed by atoms with E-state index in [0.717, 1.165) is 53.2 Å². The Labute approximate surface area is 180 Å². The van der Waals surface area contributed by atoms with Crippen LogP contribution in [-0.4, -0.2) is 31.0 Å². The smallest absolute Gasteiger partial charge is 0.232 e. The average Bonchev–Trinajstić information content (AvgIpc) is 3.36. The van der Waals surface area contributed by atoms with Gasteiger partial charge in [-0.15, -0.1) is 0 Å². The first-order valence-electron chi connectivity index (χ1n) is 10.8. The van der Waals surface area contributed by atoms with E-state index in [-0.39, 0.29) is 11.8 Å². The lowest BCUT2D eigenvalue weighted by molar-refractivity contribution is 0.427. The summed E-state index contributed by atoms with van der Waals surface area (Å²) in [6, 6.07) is 9.34. The third-order valence-electron chi connectivity index (χ3n) is 6.08. The van der Waals surface area contributed by atoms with Gasteiger partial charge < -0.3 is 15.0 Å². The third kappa shape index (κ3) is 3.11. The Hall–Kier alpha value is -3.19. The summed E-state index contributed by atoms with van der Waals surface area (Å²) in [5.74, 6) is -0.0532. The zero-order valence-corrected chi connectivity index (χ0v) is 18.0. The van der Waals surface area contributed by atoms with Gasteiger partial charge in [0.25, 0.3) is 0 Å². The summed E-state index contributed by atoms with van der Waals surface area (Å²) in [6.07, 6.45) is 3.29. The Bertz CT molecular complexity index is 1290. The van der Waals surface area contributed by atoms with Gasteiger partial charge in [0.15, 0.2) is 11.6 Å². The molecule has 7 heteroatoms. The van der Waals surface area contributed by atoms with E-state index in [1.165, 1.54) is 11.8 Å². The number of phenolic OH excluding ortho intramolecular Hbond substituents is 1. The van der Waals surface area contributed by atoms with Gasteiger partial charge in [-0.25, -0.2) is 9.37 Å². The van der Waals surface area contributed by atoms with E-state index >= 15 is 0 Å². The quantitative estimate of drug-likeness (QED) is 0.510. The molecule has 5 rings (SSSR count). The van der Waals surface area contributed by atoms with E-state index in [2.05, 4.69) is 28.8 Å². The van der Waals surface area contributed by atoms with E-state index in [0.29, 0.717) is 12.0 Å². The zero-order valence-electron chi connectivity index (χ0n) is 18.0. The summed E-state index contributed by atoms with van der Waals surface area (Å²) in [5.41, 5.74) is 5.62. The number of halogens is 1. The van der Waals surface area contributed by atoms with Crippen LogP contribution in [0.5, 0.6) is 5.75 Å².